The predicted molar refractivity (Wildman–Crippen MR) is 106 cm³/mol. The number of aromatic nitrogens is 7. The van der Waals surface area contributed by atoms with Gasteiger partial charge in [0.25, 0.3) is 0 Å². The van der Waals surface area contributed by atoms with Crippen LogP contribution in [0.5, 0.6) is 0 Å². The fourth-order valence-corrected chi connectivity index (χ4v) is 4.63. The number of H-pyrrole nitrogens is 1. The lowest BCUT2D eigenvalue weighted by molar-refractivity contribution is 0.468. The van der Waals surface area contributed by atoms with E-state index in [0.29, 0.717) is 17.7 Å². The number of nitriles is 1. The summed E-state index contributed by atoms with van der Waals surface area (Å²) >= 11 is 0. The van der Waals surface area contributed by atoms with Crippen LogP contribution in [0.1, 0.15) is 62.4 Å². The number of aryl methyl sites for hydroxylation is 1. The number of hydrogen-bond donors (Lipinski definition) is 1. The lowest BCUT2D eigenvalue weighted by Gasteiger charge is -2.41. The molecule has 0 spiro atoms. The summed E-state index contributed by atoms with van der Waals surface area (Å²) in [6.45, 7) is 4.15. The fraction of sp³-hybridized carbons (Fsp3) is 0.500. The van der Waals surface area contributed by atoms with Gasteiger partial charge in [-0.2, -0.15) is 5.26 Å². The molecule has 0 bridgehead atoms. The molecule has 2 aliphatic rings. The Hall–Kier alpha value is -3.28. The molecule has 9 heteroatoms. The van der Waals surface area contributed by atoms with Gasteiger partial charge in [-0.05, 0) is 26.2 Å². The third-order valence-electron chi connectivity index (χ3n) is 5.93. The van der Waals surface area contributed by atoms with Gasteiger partial charge in [-0.25, -0.2) is 15.0 Å². The number of fused-ring (bicyclic) bond motifs is 3. The zero-order valence-corrected chi connectivity index (χ0v) is 16.6. The summed E-state index contributed by atoms with van der Waals surface area (Å²) in [5, 5.41) is 17.8. The zero-order chi connectivity index (χ0) is 20.0. The lowest BCUT2D eigenvalue weighted by atomic mass is 10.0. The van der Waals surface area contributed by atoms with Crippen LogP contribution in [0.4, 0.5) is 5.82 Å². The largest absolute Gasteiger partial charge is 0.341 e. The highest BCUT2D eigenvalue weighted by atomic mass is 15.4. The average Bonchev–Trinajstić information content (AvgIpc) is 3.48. The van der Waals surface area contributed by atoms with Gasteiger partial charge >= 0.3 is 0 Å². The molecule has 1 unspecified atom stereocenters. The van der Waals surface area contributed by atoms with Crippen molar-refractivity contribution in [2.75, 3.05) is 4.90 Å². The van der Waals surface area contributed by atoms with E-state index in [1.54, 1.807) is 6.20 Å². The van der Waals surface area contributed by atoms with Gasteiger partial charge in [0.15, 0.2) is 23.3 Å². The third-order valence-corrected chi connectivity index (χ3v) is 5.93. The third kappa shape index (κ3) is 2.78. The van der Waals surface area contributed by atoms with Crippen molar-refractivity contribution in [2.24, 2.45) is 0 Å². The molecule has 1 aliphatic heterocycles. The topological polar surface area (TPSA) is 112 Å². The van der Waals surface area contributed by atoms with E-state index in [0.717, 1.165) is 48.1 Å². The highest BCUT2D eigenvalue weighted by Crippen LogP contribution is 2.43. The monoisotopic (exact) mass is 389 g/mol. The Labute approximate surface area is 168 Å². The Morgan fingerprint density at radius 2 is 2.03 bits per heavy atom. The van der Waals surface area contributed by atoms with Gasteiger partial charge in [0.05, 0.1) is 24.7 Å². The van der Waals surface area contributed by atoms with Crippen LogP contribution in [0.3, 0.4) is 0 Å². The molecule has 0 saturated heterocycles. The Balaban J connectivity index is 1.66. The highest BCUT2D eigenvalue weighted by molar-refractivity contribution is 5.65. The van der Waals surface area contributed by atoms with Crippen molar-refractivity contribution in [3.63, 3.8) is 0 Å². The number of imidazole rings is 1. The van der Waals surface area contributed by atoms with Crippen molar-refractivity contribution >= 4 is 5.82 Å². The molecular weight excluding hydrogens is 366 g/mol. The van der Waals surface area contributed by atoms with Crippen molar-refractivity contribution in [3.05, 3.63) is 29.7 Å². The summed E-state index contributed by atoms with van der Waals surface area (Å²) < 4.78 is 2.09. The minimum atomic E-state index is 0.139. The molecule has 1 aliphatic carbocycles. The normalized spacial score (nSPS) is 18.5. The van der Waals surface area contributed by atoms with Crippen LogP contribution in [0.15, 0.2) is 12.4 Å². The smallest absolute Gasteiger partial charge is 0.197 e. The SMILES string of the molecule is CCC1c2nnc(C)n2-c2cnc(-c3ncc(CC#N)[nH]3)nc2N1C1CCCC1. The molecule has 148 valence electrons. The van der Waals surface area contributed by atoms with Crippen molar-refractivity contribution < 1.29 is 0 Å². The maximum Gasteiger partial charge on any atom is 0.197 e. The molecule has 3 aromatic heterocycles. The van der Waals surface area contributed by atoms with E-state index in [4.69, 9.17) is 10.2 Å². The molecule has 3 aromatic rings. The number of nitrogens with zero attached hydrogens (tertiary/aromatic N) is 8. The fourth-order valence-electron chi connectivity index (χ4n) is 4.63. The molecule has 1 saturated carbocycles. The zero-order valence-electron chi connectivity index (χ0n) is 16.6. The molecule has 0 amide bonds. The molecule has 1 N–H and O–H groups in total. The molecule has 1 atom stereocenters. The first kappa shape index (κ1) is 17.8. The molecule has 4 heterocycles. The van der Waals surface area contributed by atoms with Crippen molar-refractivity contribution in [1.29, 1.82) is 5.26 Å². The summed E-state index contributed by atoms with van der Waals surface area (Å²) in [5.74, 6) is 3.86. The lowest BCUT2D eigenvalue weighted by Crippen LogP contribution is -2.42. The molecule has 5 rings (SSSR count). The highest BCUT2D eigenvalue weighted by Gasteiger charge is 2.39. The van der Waals surface area contributed by atoms with E-state index >= 15 is 0 Å². The van der Waals surface area contributed by atoms with E-state index in [-0.39, 0.29) is 12.5 Å². The first-order chi connectivity index (χ1) is 14.2. The van der Waals surface area contributed by atoms with E-state index in [1.165, 1.54) is 12.8 Å². The molecule has 0 aromatic carbocycles. The van der Waals surface area contributed by atoms with Gasteiger partial charge in [0, 0.05) is 17.9 Å². The summed E-state index contributed by atoms with van der Waals surface area (Å²) in [4.78, 5) is 19.5. The van der Waals surface area contributed by atoms with Crippen LogP contribution in [-0.2, 0) is 6.42 Å². The van der Waals surface area contributed by atoms with Crippen LogP contribution >= 0.6 is 0 Å². The van der Waals surface area contributed by atoms with Crippen LogP contribution in [0.25, 0.3) is 17.3 Å². The van der Waals surface area contributed by atoms with Crippen LogP contribution in [-0.4, -0.2) is 40.7 Å². The Bertz CT molecular complexity index is 1080. The second-order valence-electron chi connectivity index (χ2n) is 7.70. The minimum absolute atomic E-state index is 0.139. The quantitative estimate of drug-likeness (QED) is 0.730. The second kappa shape index (κ2) is 6.95. The Morgan fingerprint density at radius 3 is 2.79 bits per heavy atom. The average molecular weight is 389 g/mol. The summed E-state index contributed by atoms with van der Waals surface area (Å²) in [7, 11) is 0. The van der Waals surface area contributed by atoms with Gasteiger partial charge in [-0.15, -0.1) is 10.2 Å². The molecule has 0 radical (unpaired) electrons. The molecular formula is C20H23N9. The van der Waals surface area contributed by atoms with Gasteiger partial charge < -0.3 is 9.88 Å². The van der Waals surface area contributed by atoms with Crippen molar-refractivity contribution in [3.8, 4) is 23.4 Å². The Kier molecular flexibility index (Phi) is 4.27. The molecule has 1 fully saturated rings. The number of nitrogens with one attached hydrogen (secondary N) is 1. The molecule has 9 nitrogen and oxygen atoms in total. The van der Waals surface area contributed by atoms with Crippen molar-refractivity contribution in [1.82, 2.24) is 34.7 Å². The van der Waals surface area contributed by atoms with E-state index in [9.17, 15) is 0 Å². The van der Waals surface area contributed by atoms with Crippen molar-refractivity contribution in [2.45, 2.75) is 64.5 Å². The number of hydrogen-bond acceptors (Lipinski definition) is 7. The van der Waals surface area contributed by atoms with Gasteiger partial charge in [-0.1, -0.05) is 19.8 Å². The summed E-state index contributed by atoms with van der Waals surface area (Å²) in [6, 6.07) is 2.71. The summed E-state index contributed by atoms with van der Waals surface area (Å²) in [6.07, 6.45) is 9.54. The first-order valence-corrected chi connectivity index (χ1v) is 10.2. The summed E-state index contributed by atoms with van der Waals surface area (Å²) in [5.41, 5.74) is 1.69. The predicted octanol–water partition coefficient (Wildman–Crippen LogP) is 3.04. The van der Waals surface area contributed by atoms with Gasteiger partial charge in [-0.3, -0.25) is 4.57 Å². The van der Waals surface area contributed by atoms with Crippen LogP contribution < -0.4 is 4.90 Å². The van der Waals surface area contributed by atoms with E-state index in [1.807, 2.05) is 13.1 Å². The van der Waals surface area contributed by atoms with Crippen LogP contribution in [0.2, 0.25) is 0 Å². The van der Waals surface area contributed by atoms with Crippen LogP contribution in [0, 0.1) is 18.3 Å². The van der Waals surface area contributed by atoms with E-state index in [2.05, 4.69) is 47.6 Å². The first-order valence-electron chi connectivity index (χ1n) is 10.2. The minimum Gasteiger partial charge on any atom is -0.341 e. The maximum atomic E-state index is 8.92. The number of aromatic amines is 1. The Morgan fingerprint density at radius 1 is 1.21 bits per heavy atom. The maximum absolute atomic E-state index is 8.92. The molecule has 29 heavy (non-hydrogen) atoms. The van der Waals surface area contributed by atoms with Gasteiger partial charge in [0.1, 0.15) is 11.5 Å². The van der Waals surface area contributed by atoms with E-state index < -0.39 is 0 Å². The standard InChI is InChI=1S/C20H23N9/c1-3-15-20-27-26-12(2)28(20)16-11-23-18(17-22-10-13(24-17)8-9-21)25-19(16)29(15)14-6-4-5-7-14/h10-11,14-15H,3-8H2,1-2H3,(H,22,24). The number of rotatable bonds is 4. The second-order valence-corrected chi connectivity index (χ2v) is 7.70. The van der Waals surface area contributed by atoms with Gasteiger partial charge in [0.2, 0.25) is 0 Å². The number of anilines is 1.